The summed E-state index contributed by atoms with van der Waals surface area (Å²) in [5.41, 5.74) is 2.63. The second-order valence-electron chi connectivity index (χ2n) is 5.40. The smallest absolute Gasteiger partial charge is 0.0670 e. The normalized spacial score (nSPS) is 20.5. The minimum absolute atomic E-state index is 0.425. The Morgan fingerprint density at radius 2 is 2.11 bits per heavy atom. The predicted octanol–water partition coefficient (Wildman–Crippen LogP) is 2.97. The van der Waals surface area contributed by atoms with E-state index in [1.54, 1.807) is 0 Å². The van der Waals surface area contributed by atoms with Gasteiger partial charge in [-0.05, 0) is 44.0 Å². The van der Waals surface area contributed by atoms with Crippen molar-refractivity contribution in [2.75, 3.05) is 31.7 Å². The van der Waals surface area contributed by atoms with E-state index in [1.807, 2.05) is 0 Å². The molecule has 1 aromatic carbocycles. The third-order valence-electron chi connectivity index (χ3n) is 3.95. The summed E-state index contributed by atoms with van der Waals surface area (Å²) in [5, 5.41) is 3.52. The quantitative estimate of drug-likeness (QED) is 0.853. The molecule has 106 valence electrons. The van der Waals surface area contributed by atoms with Crippen LogP contribution in [0.5, 0.6) is 0 Å². The molecule has 0 aromatic heterocycles. The Morgan fingerprint density at radius 1 is 1.37 bits per heavy atom. The molecule has 3 nitrogen and oxygen atoms in total. The van der Waals surface area contributed by atoms with Gasteiger partial charge in [0.25, 0.3) is 0 Å². The zero-order valence-electron chi connectivity index (χ0n) is 12.4. The van der Waals surface area contributed by atoms with Crippen LogP contribution in [0.15, 0.2) is 24.3 Å². The molecule has 0 spiro atoms. The Labute approximate surface area is 116 Å². The van der Waals surface area contributed by atoms with Gasteiger partial charge in [0.1, 0.15) is 0 Å². The van der Waals surface area contributed by atoms with Crippen molar-refractivity contribution >= 4 is 5.69 Å². The molecule has 3 heteroatoms. The van der Waals surface area contributed by atoms with Crippen molar-refractivity contribution in [3.05, 3.63) is 29.8 Å². The topological polar surface area (TPSA) is 24.5 Å². The fraction of sp³-hybridized carbons (Fsp3) is 0.625. The minimum Gasteiger partial charge on any atom is -0.379 e. The van der Waals surface area contributed by atoms with Crippen molar-refractivity contribution in [1.29, 1.82) is 0 Å². The summed E-state index contributed by atoms with van der Waals surface area (Å²) in [6, 6.07) is 9.86. The van der Waals surface area contributed by atoms with Crippen LogP contribution in [0.2, 0.25) is 0 Å². The predicted molar refractivity (Wildman–Crippen MR) is 80.8 cm³/mol. The summed E-state index contributed by atoms with van der Waals surface area (Å²) in [4.78, 5) is 2.33. The number of hydrogen-bond acceptors (Lipinski definition) is 3. The molecule has 0 bridgehead atoms. The lowest BCUT2D eigenvalue weighted by Gasteiger charge is -2.26. The highest BCUT2D eigenvalue weighted by Crippen LogP contribution is 2.22. The molecule has 1 saturated heterocycles. The van der Waals surface area contributed by atoms with Gasteiger partial charge >= 0.3 is 0 Å². The van der Waals surface area contributed by atoms with Crippen molar-refractivity contribution in [1.82, 2.24) is 5.32 Å². The van der Waals surface area contributed by atoms with Crippen molar-refractivity contribution < 1.29 is 4.74 Å². The number of rotatable bonds is 6. The maximum Gasteiger partial charge on any atom is 0.0670 e. The molecular weight excluding hydrogens is 236 g/mol. The molecule has 0 aliphatic carbocycles. The van der Waals surface area contributed by atoms with Gasteiger partial charge in [-0.25, -0.2) is 0 Å². The van der Waals surface area contributed by atoms with Crippen LogP contribution >= 0.6 is 0 Å². The van der Waals surface area contributed by atoms with Gasteiger partial charge in [-0.1, -0.05) is 19.1 Å². The molecule has 19 heavy (non-hydrogen) atoms. The first-order valence-electron chi connectivity index (χ1n) is 7.36. The van der Waals surface area contributed by atoms with Crippen LogP contribution in [0.3, 0.4) is 0 Å². The largest absolute Gasteiger partial charge is 0.379 e. The van der Waals surface area contributed by atoms with E-state index in [0.717, 1.165) is 26.2 Å². The average molecular weight is 262 g/mol. The lowest BCUT2D eigenvalue weighted by molar-refractivity contribution is 0.193. The molecule has 1 N–H and O–H groups in total. The van der Waals surface area contributed by atoms with Crippen LogP contribution in [0.1, 0.15) is 38.3 Å². The van der Waals surface area contributed by atoms with E-state index in [0.29, 0.717) is 12.1 Å². The Kier molecular flexibility index (Phi) is 5.23. The van der Waals surface area contributed by atoms with E-state index in [1.165, 1.54) is 17.7 Å². The molecule has 1 aliphatic heterocycles. The highest BCUT2D eigenvalue weighted by Gasteiger charge is 2.20. The van der Waals surface area contributed by atoms with Crippen LogP contribution in [0, 0.1) is 0 Å². The summed E-state index contributed by atoms with van der Waals surface area (Å²) in [7, 11) is 2.16. The van der Waals surface area contributed by atoms with Crippen molar-refractivity contribution in [2.24, 2.45) is 0 Å². The summed E-state index contributed by atoms with van der Waals surface area (Å²) in [6.45, 7) is 7.24. The minimum atomic E-state index is 0.425. The molecule has 1 heterocycles. The summed E-state index contributed by atoms with van der Waals surface area (Å²) in [5.74, 6) is 0. The molecule has 0 radical (unpaired) electrons. The molecule has 0 saturated carbocycles. The molecule has 2 atom stereocenters. The maximum atomic E-state index is 5.45. The van der Waals surface area contributed by atoms with Crippen molar-refractivity contribution in [3.63, 3.8) is 0 Å². The number of likely N-dealkylation sites (N-methyl/N-ethyl adjacent to an activating group) is 1. The van der Waals surface area contributed by atoms with E-state index in [9.17, 15) is 0 Å². The van der Waals surface area contributed by atoms with Crippen LogP contribution in [-0.4, -0.2) is 32.8 Å². The van der Waals surface area contributed by atoms with Gasteiger partial charge in [-0.3, -0.25) is 0 Å². The number of ether oxygens (including phenoxy) is 1. The lowest BCUT2D eigenvalue weighted by Crippen LogP contribution is -2.31. The number of nitrogens with zero attached hydrogens (tertiary/aromatic N) is 1. The van der Waals surface area contributed by atoms with Crippen LogP contribution < -0.4 is 10.2 Å². The van der Waals surface area contributed by atoms with Crippen molar-refractivity contribution in [2.45, 2.75) is 38.8 Å². The first-order valence-corrected chi connectivity index (χ1v) is 7.36. The summed E-state index contributed by atoms with van der Waals surface area (Å²) >= 11 is 0. The van der Waals surface area contributed by atoms with Crippen LogP contribution in [0.4, 0.5) is 5.69 Å². The van der Waals surface area contributed by atoms with E-state index in [4.69, 9.17) is 4.74 Å². The third-order valence-corrected chi connectivity index (χ3v) is 3.95. The highest BCUT2D eigenvalue weighted by atomic mass is 16.5. The molecular formula is C16H26N2O. The Morgan fingerprint density at radius 3 is 2.68 bits per heavy atom. The molecule has 1 aliphatic rings. The van der Waals surface area contributed by atoms with Gasteiger partial charge in [-0.15, -0.1) is 0 Å². The first kappa shape index (κ1) is 14.4. The summed E-state index contributed by atoms with van der Waals surface area (Å²) < 4.78 is 5.45. The highest BCUT2D eigenvalue weighted by molar-refractivity contribution is 5.48. The maximum absolute atomic E-state index is 5.45. The lowest BCUT2D eigenvalue weighted by atomic mass is 10.1. The van der Waals surface area contributed by atoms with Gasteiger partial charge in [0.15, 0.2) is 0 Å². The van der Waals surface area contributed by atoms with E-state index in [2.05, 4.69) is 55.4 Å². The van der Waals surface area contributed by atoms with E-state index >= 15 is 0 Å². The average Bonchev–Trinajstić information content (AvgIpc) is 2.98. The molecule has 1 fully saturated rings. The Balaban J connectivity index is 1.97. The SMILES string of the molecule is CCCNC(C)c1ccc(N(C)C2CCOC2)cc1. The van der Waals surface area contributed by atoms with Crippen LogP contribution in [-0.2, 0) is 4.74 Å². The van der Waals surface area contributed by atoms with E-state index < -0.39 is 0 Å². The second-order valence-corrected chi connectivity index (χ2v) is 5.40. The third kappa shape index (κ3) is 3.71. The fourth-order valence-electron chi connectivity index (χ4n) is 2.52. The summed E-state index contributed by atoms with van der Waals surface area (Å²) in [6.07, 6.45) is 2.31. The number of hydrogen-bond donors (Lipinski definition) is 1. The standard InChI is InChI=1S/C16H26N2O/c1-4-10-17-13(2)14-5-7-15(8-6-14)18(3)16-9-11-19-12-16/h5-8,13,16-17H,4,9-12H2,1-3H3. The number of benzene rings is 1. The number of nitrogens with one attached hydrogen (secondary N) is 1. The number of anilines is 1. The van der Waals surface area contributed by atoms with Gasteiger partial charge in [0, 0.05) is 25.4 Å². The zero-order chi connectivity index (χ0) is 13.7. The fourth-order valence-corrected chi connectivity index (χ4v) is 2.52. The first-order chi connectivity index (χ1) is 9.22. The van der Waals surface area contributed by atoms with Crippen LogP contribution in [0.25, 0.3) is 0 Å². The van der Waals surface area contributed by atoms with Gasteiger partial charge in [0.05, 0.1) is 12.6 Å². The molecule has 2 rings (SSSR count). The van der Waals surface area contributed by atoms with Gasteiger partial charge in [0.2, 0.25) is 0 Å². The molecule has 2 unspecified atom stereocenters. The molecule has 0 amide bonds. The monoisotopic (exact) mass is 262 g/mol. The van der Waals surface area contributed by atoms with Crippen molar-refractivity contribution in [3.8, 4) is 0 Å². The van der Waals surface area contributed by atoms with Gasteiger partial charge in [-0.2, -0.15) is 0 Å². The van der Waals surface area contributed by atoms with E-state index in [-0.39, 0.29) is 0 Å². The second kappa shape index (κ2) is 6.92. The molecule has 1 aromatic rings. The Bertz CT molecular complexity index is 371. The van der Waals surface area contributed by atoms with Gasteiger partial charge < -0.3 is 15.0 Å². The Hall–Kier alpha value is -1.06. The zero-order valence-corrected chi connectivity index (χ0v) is 12.4.